The first-order valence-electron chi connectivity index (χ1n) is 8.94. The van der Waals surface area contributed by atoms with Crippen LogP contribution in [0.2, 0.25) is 0 Å². The van der Waals surface area contributed by atoms with Gasteiger partial charge in [-0.3, -0.25) is 4.79 Å². The second-order valence-corrected chi connectivity index (χ2v) is 6.07. The molecule has 0 aliphatic heterocycles. The van der Waals surface area contributed by atoms with Crippen LogP contribution in [0.5, 0.6) is 0 Å². The zero-order valence-electron chi connectivity index (χ0n) is 15.2. The molecule has 0 bridgehead atoms. The van der Waals surface area contributed by atoms with Gasteiger partial charge in [0, 0.05) is 36.4 Å². The molecule has 0 aliphatic carbocycles. The minimum atomic E-state index is -0.368. The van der Waals surface area contributed by atoms with Crippen LogP contribution in [0.15, 0.2) is 66.9 Å². The van der Waals surface area contributed by atoms with Crippen molar-refractivity contribution < 1.29 is 14.3 Å². The smallest absolute Gasteiger partial charge is 0.330 e. The van der Waals surface area contributed by atoms with Crippen LogP contribution in [0.25, 0.3) is 17.0 Å². The number of carbonyl (C=O) groups excluding carboxylic acids is 2. The fourth-order valence-electron chi connectivity index (χ4n) is 2.81. The molecule has 0 spiro atoms. The van der Waals surface area contributed by atoms with Crippen molar-refractivity contribution in [1.82, 2.24) is 4.57 Å². The van der Waals surface area contributed by atoms with Gasteiger partial charge in [0.2, 0.25) is 5.91 Å². The van der Waals surface area contributed by atoms with Gasteiger partial charge in [-0.05, 0) is 48.2 Å². The number of para-hydroxylation sites is 1. The maximum atomic E-state index is 12.2. The van der Waals surface area contributed by atoms with E-state index in [-0.39, 0.29) is 11.9 Å². The largest absolute Gasteiger partial charge is 0.463 e. The lowest BCUT2D eigenvalue weighted by Crippen LogP contribution is -2.14. The minimum absolute atomic E-state index is 0.0393. The second-order valence-electron chi connectivity index (χ2n) is 6.07. The van der Waals surface area contributed by atoms with Crippen LogP contribution in [0, 0.1) is 0 Å². The predicted octanol–water partition coefficient (Wildman–Crippen LogP) is 4.25. The van der Waals surface area contributed by atoms with Crippen molar-refractivity contribution in [3.05, 3.63) is 72.4 Å². The maximum Gasteiger partial charge on any atom is 0.330 e. The molecule has 1 aromatic heterocycles. The van der Waals surface area contributed by atoms with E-state index in [9.17, 15) is 9.59 Å². The summed E-state index contributed by atoms with van der Waals surface area (Å²) in [6.45, 7) is 2.74. The summed E-state index contributed by atoms with van der Waals surface area (Å²) >= 11 is 0. The zero-order valence-corrected chi connectivity index (χ0v) is 15.2. The average molecular weight is 362 g/mol. The molecule has 27 heavy (non-hydrogen) atoms. The van der Waals surface area contributed by atoms with Crippen molar-refractivity contribution in [2.24, 2.45) is 0 Å². The molecule has 1 N–H and O–H groups in total. The zero-order chi connectivity index (χ0) is 19.1. The second kappa shape index (κ2) is 8.85. The number of ether oxygens (including phenoxy) is 1. The molecule has 5 heteroatoms. The molecule has 138 valence electrons. The number of fused-ring (bicyclic) bond motifs is 1. The molecule has 0 fully saturated rings. The number of hydrogen-bond donors (Lipinski definition) is 1. The van der Waals surface area contributed by atoms with Gasteiger partial charge in [-0.1, -0.05) is 30.3 Å². The number of nitrogens with one attached hydrogen (secondary N) is 1. The summed E-state index contributed by atoms with van der Waals surface area (Å²) in [5.74, 6) is -0.407. The molecule has 3 aromatic rings. The molecule has 0 unspecified atom stereocenters. The monoisotopic (exact) mass is 362 g/mol. The Hall–Kier alpha value is -3.34. The Morgan fingerprint density at radius 2 is 1.85 bits per heavy atom. The summed E-state index contributed by atoms with van der Waals surface area (Å²) in [6.07, 6.45) is 5.46. The van der Waals surface area contributed by atoms with Crippen molar-refractivity contribution in [1.29, 1.82) is 0 Å². The van der Waals surface area contributed by atoms with Crippen molar-refractivity contribution in [2.45, 2.75) is 19.9 Å². The molecule has 1 heterocycles. The van der Waals surface area contributed by atoms with Crippen molar-refractivity contribution in [3.63, 3.8) is 0 Å². The molecule has 0 saturated carbocycles. The highest BCUT2D eigenvalue weighted by atomic mass is 16.5. The lowest BCUT2D eigenvalue weighted by atomic mass is 10.2. The number of benzene rings is 2. The molecule has 0 saturated heterocycles. The highest BCUT2D eigenvalue weighted by molar-refractivity contribution is 5.91. The first-order valence-corrected chi connectivity index (χ1v) is 8.94. The molecular weight excluding hydrogens is 340 g/mol. The fraction of sp³-hybridized carbons (Fsp3) is 0.182. The topological polar surface area (TPSA) is 60.3 Å². The van der Waals surface area contributed by atoms with Crippen LogP contribution in [0.3, 0.4) is 0 Å². The SMILES string of the molecule is CCOC(=O)/C=C/c1ccc(NC(=O)CCn2ccc3ccccc32)cc1. The third kappa shape index (κ3) is 5.07. The summed E-state index contributed by atoms with van der Waals surface area (Å²) in [7, 11) is 0. The van der Waals surface area contributed by atoms with Gasteiger partial charge in [-0.25, -0.2) is 4.79 Å². The van der Waals surface area contributed by atoms with E-state index >= 15 is 0 Å². The van der Waals surface area contributed by atoms with Crippen molar-refractivity contribution >= 4 is 34.5 Å². The van der Waals surface area contributed by atoms with Crippen LogP contribution in [0.1, 0.15) is 18.9 Å². The van der Waals surface area contributed by atoms with E-state index < -0.39 is 0 Å². The van der Waals surface area contributed by atoms with E-state index in [2.05, 4.69) is 28.1 Å². The van der Waals surface area contributed by atoms with E-state index in [0.29, 0.717) is 19.6 Å². The Labute approximate surface area is 158 Å². The summed E-state index contributed by atoms with van der Waals surface area (Å²) in [6, 6.07) is 17.5. The molecule has 2 aromatic carbocycles. The Balaban J connectivity index is 1.52. The number of anilines is 1. The summed E-state index contributed by atoms with van der Waals surface area (Å²) in [4.78, 5) is 23.5. The Morgan fingerprint density at radius 3 is 2.63 bits per heavy atom. The number of carbonyl (C=O) groups is 2. The van der Waals surface area contributed by atoms with Gasteiger partial charge in [0.1, 0.15) is 0 Å². The molecule has 0 atom stereocenters. The Morgan fingerprint density at radius 1 is 1.07 bits per heavy atom. The maximum absolute atomic E-state index is 12.2. The van der Waals surface area contributed by atoms with Crippen molar-refractivity contribution in [3.8, 4) is 0 Å². The normalized spacial score (nSPS) is 11.0. The van der Waals surface area contributed by atoms with Gasteiger partial charge in [0.05, 0.1) is 6.61 Å². The van der Waals surface area contributed by atoms with Gasteiger partial charge in [-0.2, -0.15) is 0 Å². The number of aromatic nitrogens is 1. The van der Waals surface area contributed by atoms with E-state index in [0.717, 1.165) is 16.8 Å². The highest BCUT2D eigenvalue weighted by Crippen LogP contribution is 2.16. The van der Waals surface area contributed by atoms with Crippen molar-refractivity contribution in [2.75, 3.05) is 11.9 Å². The number of amides is 1. The van der Waals surface area contributed by atoms with Gasteiger partial charge < -0.3 is 14.6 Å². The molecule has 1 amide bonds. The lowest BCUT2D eigenvalue weighted by molar-refractivity contribution is -0.137. The van der Waals surface area contributed by atoms with E-state index in [1.165, 1.54) is 11.5 Å². The fourth-order valence-corrected chi connectivity index (χ4v) is 2.81. The standard InChI is InChI=1S/C22H22N2O3/c1-2-27-22(26)12-9-17-7-10-19(11-8-17)23-21(25)14-16-24-15-13-18-5-3-4-6-20(18)24/h3-13,15H,2,14,16H2,1H3,(H,23,25)/b12-9+. The summed E-state index contributed by atoms with van der Waals surface area (Å²) in [5.41, 5.74) is 2.72. The molecule has 3 rings (SSSR count). The number of nitrogens with zero attached hydrogens (tertiary/aromatic N) is 1. The molecule has 5 nitrogen and oxygen atoms in total. The van der Waals surface area contributed by atoms with Gasteiger partial charge in [0.25, 0.3) is 0 Å². The Kier molecular flexibility index (Phi) is 6.05. The summed E-state index contributed by atoms with van der Waals surface area (Å²) < 4.78 is 6.92. The lowest BCUT2D eigenvalue weighted by Gasteiger charge is -2.07. The van der Waals surface area contributed by atoms with Crippen LogP contribution in [0.4, 0.5) is 5.69 Å². The Bertz CT molecular complexity index is 955. The van der Waals surface area contributed by atoms with Crippen LogP contribution in [-0.2, 0) is 20.9 Å². The predicted molar refractivity (Wildman–Crippen MR) is 107 cm³/mol. The molecule has 0 radical (unpaired) electrons. The first kappa shape index (κ1) is 18.5. The van der Waals surface area contributed by atoms with Gasteiger partial charge in [0.15, 0.2) is 0 Å². The number of aryl methyl sites for hydroxylation is 1. The molecular formula is C22H22N2O3. The third-order valence-corrected chi connectivity index (χ3v) is 4.15. The summed E-state index contributed by atoms with van der Waals surface area (Å²) in [5, 5.41) is 4.07. The number of esters is 1. The van der Waals surface area contributed by atoms with E-state index in [1.54, 1.807) is 13.0 Å². The first-order chi connectivity index (χ1) is 13.2. The quantitative estimate of drug-likeness (QED) is 0.505. The van der Waals surface area contributed by atoms with Gasteiger partial charge >= 0.3 is 5.97 Å². The van der Waals surface area contributed by atoms with E-state index in [4.69, 9.17) is 4.74 Å². The molecule has 0 aliphatic rings. The minimum Gasteiger partial charge on any atom is -0.463 e. The highest BCUT2D eigenvalue weighted by Gasteiger charge is 2.05. The van der Waals surface area contributed by atoms with Crippen LogP contribution >= 0.6 is 0 Å². The van der Waals surface area contributed by atoms with Crippen LogP contribution in [-0.4, -0.2) is 23.1 Å². The number of hydrogen-bond acceptors (Lipinski definition) is 3. The van der Waals surface area contributed by atoms with Gasteiger partial charge in [-0.15, -0.1) is 0 Å². The third-order valence-electron chi connectivity index (χ3n) is 4.15. The van der Waals surface area contributed by atoms with Crippen LogP contribution < -0.4 is 5.32 Å². The number of rotatable bonds is 7. The average Bonchev–Trinajstić information content (AvgIpc) is 3.09. The van der Waals surface area contributed by atoms with E-state index in [1.807, 2.05) is 42.6 Å².